The van der Waals surface area contributed by atoms with Gasteiger partial charge in [0.15, 0.2) is 5.69 Å². The van der Waals surface area contributed by atoms with E-state index < -0.39 is 22.5 Å². The number of hydrogen-bond acceptors (Lipinski definition) is 6. The summed E-state index contributed by atoms with van der Waals surface area (Å²) in [5, 5.41) is 22.7. The average molecular weight is 366 g/mol. The minimum Gasteiger partial charge on any atom is -0.358 e. The SMILES string of the molecule is O=C(Nc1ncn(Cc2c(F)cccc2Cl)n1)c1cc([N+](=O)[O-])[nH]n1. The fourth-order valence-corrected chi connectivity index (χ4v) is 2.18. The van der Waals surface area contributed by atoms with Crippen LogP contribution in [0.1, 0.15) is 16.1 Å². The lowest BCUT2D eigenvalue weighted by atomic mass is 10.2. The van der Waals surface area contributed by atoms with Crippen molar-refractivity contribution in [2.45, 2.75) is 6.54 Å². The van der Waals surface area contributed by atoms with Gasteiger partial charge in [-0.2, -0.15) is 0 Å². The van der Waals surface area contributed by atoms with E-state index in [1.54, 1.807) is 6.07 Å². The van der Waals surface area contributed by atoms with E-state index in [9.17, 15) is 19.3 Å². The zero-order valence-electron chi connectivity index (χ0n) is 12.3. The van der Waals surface area contributed by atoms with Crippen LogP contribution in [0.15, 0.2) is 30.6 Å². The van der Waals surface area contributed by atoms with Crippen LogP contribution in [-0.2, 0) is 6.54 Å². The second kappa shape index (κ2) is 6.65. The fraction of sp³-hybridized carbons (Fsp3) is 0.0769. The molecule has 0 spiro atoms. The Bertz CT molecular complexity index is 935. The minimum absolute atomic E-state index is 0.0161. The smallest absolute Gasteiger partial charge is 0.343 e. The predicted octanol–water partition coefficient (Wildman–Crippen LogP) is 2.00. The minimum atomic E-state index is -0.731. The molecule has 0 unspecified atom stereocenters. The first-order chi connectivity index (χ1) is 11.9. The van der Waals surface area contributed by atoms with Crippen LogP contribution in [0.4, 0.5) is 16.2 Å². The lowest BCUT2D eigenvalue weighted by Gasteiger charge is -2.05. The Hall–Kier alpha value is -3.34. The highest BCUT2D eigenvalue weighted by atomic mass is 35.5. The average Bonchev–Trinajstić information content (AvgIpc) is 3.20. The molecule has 1 aromatic carbocycles. The number of H-pyrrole nitrogens is 1. The summed E-state index contributed by atoms with van der Waals surface area (Å²) in [6.45, 7) is 0.0161. The number of carbonyl (C=O) groups is 1. The Balaban J connectivity index is 1.71. The van der Waals surface area contributed by atoms with Crippen LogP contribution in [0, 0.1) is 15.9 Å². The van der Waals surface area contributed by atoms with Crippen molar-refractivity contribution < 1.29 is 14.1 Å². The number of benzene rings is 1. The number of hydrogen-bond donors (Lipinski definition) is 2. The van der Waals surface area contributed by atoms with E-state index in [-0.39, 0.29) is 28.8 Å². The fourth-order valence-electron chi connectivity index (χ4n) is 1.96. The number of halogens is 2. The number of rotatable bonds is 5. The van der Waals surface area contributed by atoms with Gasteiger partial charge in [-0.05, 0) is 17.1 Å². The Morgan fingerprint density at radius 3 is 2.96 bits per heavy atom. The number of carbonyl (C=O) groups excluding carboxylic acids is 1. The molecule has 2 aromatic heterocycles. The van der Waals surface area contributed by atoms with Crippen molar-refractivity contribution in [3.63, 3.8) is 0 Å². The molecular weight excluding hydrogens is 357 g/mol. The highest BCUT2D eigenvalue weighted by Crippen LogP contribution is 2.20. The molecule has 3 rings (SSSR count). The Labute approximate surface area is 143 Å². The molecule has 0 radical (unpaired) electrons. The summed E-state index contributed by atoms with van der Waals surface area (Å²) in [5.74, 6) is -1.70. The summed E-state index contributed by atoms with van der Waals surface area (Å²) in [5.41, 5.74) is 0.0371. The molecule has 25 heavy (non-hydrogen) atoms. The number of aromatic amines is 1. The molecule has 0 saturated carbocycles. The quantitative estimate of drug-likeness (QED) is 0.525. The van der Waals surface area contributed by atoms with Crippen molar-refractivity contribution in [3.8, 4) is 0 Å². The van der Waals surface area contributed by atoms with Crippen LogP contribution in [0.25, 0.3) is 0 Å². The highest BCUT2D eigenvalue weighted by Gasteiger charge is 2.18. The van der Waals surface area contributed by atoms with Crippen molar-refractivity contribution in [3.05, 3.63) is 62.8 Å². The van der Waals surface area contributed by atoms with E-state index >= 15 is 0 Å². The second-order valence-electron chi connectivity index (χ2n) is 4.82. The molecular formula is C13H9ClFN7O3. The summed E-state index contributed by atoms with van der Waals surface area (Å²) in [7, 11) is 0. The molecule has 0 bridgehead atoms. The maximum Gasteiger partial charge on any atom is 0.343 e. The summed E-state index contributed by atoms with van der Waals surface area (Å²) < 4.78 is 15.0. The third kappa shape index (κ3) is 3.61. The van der Waals surface area contributed by atoms with Crippen LogP contribution in [-0.4, -0.2) is 35.8 Å². The Morgan fingerprint density at radius 2 is 2.28 bits per heavy atom. The van der Waals surface area contributed by atoms with E-state index in [0.717, 1.165) is 6.07 Å². The third-order valence-corrected chi connectivity index (χ3v) is 3.49. The molecule has 128 valence electrons. The van der Waals surface area contributed by atoms with Gasteiger partial charge < -0.3 is 10.1 Å². The van der Waals surface area contributed by atoms with Crippen molar-refractivity contribution in [2.75, 3.05) is 5.32 Å². The van der Waals surface area contributed by atoms with Crippen LogP contribution in [0.2, 0.25) is 5.02 Å². The Morgan fingerprint density at radius 1 is 1.48 bits per heavy atom. The van der Waals surface area contributed by atoms with Gasteiger partial charge in [0.2, 0.25) is 5.95 Å². The van der Waals surface area contributed by atoms with E-state index in [4.69, 9.17) is 11.6 Å². The molecule has 0 aliphatic heterocycles. The molecule has 0 saturated heterocycles. The molecule has 0 atom stereocenters. The summed E-state index contributed by atoms with van der Waals surface area (Å²) in [6.07, 6.45) is 1.28. The summed E-state index contributed by atoms with van der Waals surface area (Å²) >= 11 is 5.94. The van der Waals surface area contributed by atoms with Crippen molar-refractivity contribution >= 4 is 29.3 Å². The first-order valence-electron chi connectivity index (χ1n) is 6.77. The molecule has 0 aliphatic carbocycles. The van der Waals surface area contributed by atoms with E-state index in [1.165, 1.54) is 23.1 Å². The standard InChI is InChI=1S/C13H9ClFN7O3/c14-8-2-1-3-9(15)7(8)5-21-6-16-13(20-21)17-12(23)10-4-11(19-18-10)22(24)25/h1-4,6H,5H2,(H,18,19)(H,17,20,23). The van der Waals surface area contributed by atoms with Crippen molar-refractivity contribution in [1.82, 2.24) is 25.0 Å². The summed E-state index contributed by atoms with van der Waals surface area (Å²) in [4.78, 5) is 25.6. The second-order valence-corrected chi connectivity index (χ2v) is 5.22. The molecule has 12 heteroatoms. The number of anilines is 1. The largest absolute Gasteiger partial charge is 0.358 e. The van der Waals surface area contributed by atoms with Gasteiger partial charge in [-0.15, -0.1) is 10.2 Å². The normalized spacial score (nSPS) is 10.6. The first-order valence-corrected chi connectivity index (χ1v) is 7.15. The van der Waals surface area contributed by atoms with E-state index in [0.29, 0.717) is 0 Å². The van der Waals surface area contributed by atoms with Crippen LogP contribution in [0.5, 0.6) is 0 Å². The van der Waals surface area contributed by atoms with Crippen molar-refractivity contribution in [1.29, 1.82) is 0 Å². The maximum atomic E-state index is 13.8. The molecule has 1 amide bonds. The molecule has 0 aliphatic rings. The summed E-state index contributed by atoms with van der Waals surface area (Å²) in [6, 6.07) is 5.28. The van der Waals surface area contributed by atoms with Gasteiger partial charge in [0, 0.05) is 10.6 Å². The van der Waals surface area contributed by atoms with Gasteiger partial charge in [0.25, 0.3) is 5.91 Å². The van der Waals surface area contributed by atoms with Gasteiger partial charge >= 0.3 is 5.82 Å². The molecule has 2 N–H and O–H groups in total. The van der Waals surface area contributed by atoms with Gasteiger partial charge in [-0.1, -0.05) is 22.8 Å². The zero-order valence-corrected chi connectivity index (χ0v) is 13.1. The number of nitrogens with zero attached hydrogens (tertiary/aromatic N) is 5. The van der Waals surface area contributed by atoms with Crippen molar-refractivity contribution in [2.24, 2.45) is 0 Å². The topological polar surface area (TPSA) is 132 Å². The monoisotopic (exact) mass is 365 g/mol. The third-order valence-electron chi connectivity index (χ3n) is 3.14. The highest BCUT2D eigenvalue weighted by molar-refractivity contribution is 6.31. The van der Waals surface area contributed by atoms with Gasteiger partial charge in [0.05, 0.1) is 12.6 Å². The lowest BCUT2D eigenvalue weighted by molar-refractivity contribution is -0.389. The molecule has 10 nitrogen and oxygen atoms in total. The number of nitro groups is 1. The van der Waals surface area contributed by atoms with E-state index in [2.05, 4.69) is 25.6 Å². The van der Waals surface area contributed by atoms with Gasteiger partial charge in [0.1, 0.15) is 12.1 Å². The van der Waals surface area contributed by atoms with Gasteiger partial charge in [-0.25, -0.2) is 14.1 Å². The first kappa shape index (κ1) is 16.5. The van der Waals surface area contributed by atoms with Crippen LogP contribution >= 0.6 is 11.6 Å². The molecule has 3 aromatic rings. The van der Waals surface area contributed by atoms with Crippen LogP contribution in [0.3, 0.4) is 0 Å². The lowest BCUT2D eigenvalue weighted by Crippen LogP contribution is -2.14. The predicted molar refractivity (Wildman–Crippen MR) is 83.7 cm³/mol. The zero-order chi connectivity index (χ0) is 18.0. The molecule has 0 fully saturated rings. The number of amides is 1. The maximum absolute atomic E-state index is 13.8. The van der Waals surface area contributed by atoms with E-state index in [1.807, 2.05) is 0 Å². The number of aromatic nitrogens is 5. The Kier molecular flexibility index (Phi) is 4.39. The van der Waals surface area contributed by atoms with Crippen LogP contribution < -0.4 is 5.32 Å². The number of nitrogens with one attached hydrogen (secondary N) is 2. The molecule has 2 heterocycles. The van der Waals surface area contributed by atoms with Gasteiger partial charge in [-0.3, -0.25) is 10.1 Å².